The summed E-state index contributed by atoms with van der Waals surface area (Å²) in [5, 5.41) is 4.45. The molecule has 0 aliphatic carbocycles. The van der Waals surface area contributed by atoms with Crippen molar-refractivity contribution < 1.29 is 4.79 Å². The van der Waals surface area contributed by atoms with Gasteiger partial charge in [0.15, 0.2) is 5.13 Å². The predicted octanol–water partition coefficient (Wildman–Crippen LogP) is 4.92. The van der Waals surface area contributed by atoms with Gasteiger partial charge in [0.1, 0.15) is 5.69 Å². The Labute approximate surface area is 149 Å². The van der Waals surface area contributed by atoms with Crippen LogP contribution in [0.2, 0.25) is 0 Å². The predicted molar refractivity (Wildman–Crippen MR) is 102 cm³/mol. The highest BCUT2D eigenvalue weighted by Gasteiger charge is 2.14. The van der Waals surface area contributed by atoms with E-state index in [9.17, 15) is 4.79 Å². The smallest absolute Gasteiger partial charge is 0.276 e. The van der Waals surface area contributed by atoms with Crippen LogP contribution in [0.3, 0.4) is 0 Å². The number of pyridine rings is 1. The highest BCUT2D eigenvalue weighted by molar-refractivity contribution is 7.16. The van der Waals surface area contributed by atoms with Crippen LogP contribution in [0.15, 0.2) is 66.7 Å². The van der Waals surface area contributed by atoms with Crippen molar-refractivity contribution >= 4 is 33.3 Å². The first kappa shape index (κ1) is 15.5. The summed E-state index contributed by atoms with van der Waals surface area (Å²) in [5.41, 5.74) is 3.12. The molecule has 5 heteroatoms. The number of nitrogens with one attached hydrogen (secondary N) is 1. The lowest BCUT2D eigenvalue weighted by Gasteiger charge is -2.03. The molecule has 0 radical (unpaired) electrons. The van der Waals surface area contributed by atoms with E-state index in [0.717, 1.165) is 27.0 Å². The molecular formula is C20H15N3OS. The van der Waals surface area contributed by atoms with Crippen molar-refractivity contribution in [3.8, 4) is 11.3 Å². The summed E-state index contributed by atoms with van der Waals surface area (Å²) >= 11 is 1.46. The molecule has 0 spiro atoms. The average molecular weight is 345 g/mol. The molecule has 2 aromatic heterocycles. The molecule has 4 rings (SSSR count). The molecule has 122 valence electrons. The summed E-state index contributed by atoms with van der Waals surface area (Å²) in [6, 6.07) is 21.3. The lowest BCUT2D eigenvalue weighted by molar-refractivity contribution is 0.102. The minimum absolute atomic E-state index is 0.251. The Bertz CT molecular complexity index is 1060. The number of fused-ring (bicyclic) bond motifs is 1. The molecule has 2 heterocycles. The Kier molecular flexibility index (Phi) is 3.99. The van der Waals surface area contributed by atoms with Gasteiger partial charge in [0.05, 0.1) is 11.2 Å². The van der Waals surface area contributed by atoms with Crippen molar-refractivity contribution in [2.75, 3.05) is 5.32 Å². The van der Waals surface area contributed by atoms with E-state index in [4.69, 9.17) is 0 Å². The topological polar surface area (TPSA) is 54.9 Å². The van der Waals surface area contributed by atoms with Gasteiger partial charge in [-0.25, -0.2) is 9.97 Å². The van der Waals surface area contributed by atoms with Gasteiger partial charge in [0, 0.05) is 15.8 Å². The van der Waals surface area contributed by atoms with Crippen LogP contribution in [0.4, 0.5) is 5.13 Å². The van der Waals surface area contributed by atoms with Crippen LogP contribution in [-0.2, 0) is 0 Å². The zero-order chi connectivity index (χ0) is 17.2. The molecule has 0 bridgehead atoms. The Hall–Kier alpha value is -3.05. The number of aryl methyl sites for hydroxylation is 1. The van der Waals surface area contributed by atoms with Crippen LogP contribution in [0, 0.1) is 6.92 Å². The summed E-state index contributed by atoms with van der Waals surface area (Å²) in [5.74, 6) is -0.251. The normalized spacial score (nSPS) is 10.8. The highest BCUT2D eigenvalue weighted by atomic mass is 32.1. The minimum atomic E-state index is -0.251. The maximum absolute atomic E-state index is 12.5. The van der Waals surface area contributed by atoms with Crippen molar-refractivity contribution in [2.24, 2.45) is 0 Å². The monoisotopic (exact) mass is 345 g/mol. The third-order valence-corrected chi connectivity index (χ3v) is 4.78. The quantitative estimate of drug-likeness (QED) is 0.573. The van der Waals surface area contributed by atoms with Crippen molar-refractivity contribution in [3.05, 3.63) is 77.3 Å². The number of rotatable bonds is 3. The second-order valence-electron chi connectivity index (χ2n) is 5.63. The number of carbonyl (C=O) groups is 1. The lowest BCUT2D eigenvalue weighted by Crippen LogP contribution is -2.13. The summed E-state index contributed by atoms with van der Waals surface area (Å²) in [4.78, 5) is 22.6. The van der Waals surface area contributed by atoms with Gasteiger partial charge in [0.25, 0.3) is 5.91 Å². The molecule has 2 aromatic carbocycles. The van der Waals surface area contributed by atoms with E-state index in [-0.39, 0.29) is 5.91 Å². The maximum Gasteiger partial charge on any atom is 0.276 e. The standard InChI is InChI=1S/C20H15N3OS/c1-13-18(15-8-3-2-4-9-15)22-20(25-13)23-19(24)17-12-11-14-7-5-6-10-16(14)21-17/h2-12H,1H3,(H,22,23,24). The number of carbonyl (C=O) groups excluding carboxylic acids is 1. The number of para-hydroxylation sites is 1. The number of benzene rings is 2. The molecule has 0 fully saturated rings. The van der Waals surface area contributed by atoms with E-state index in [1.54, 1.807) is 6.07 Å². The summed E-state index contributed by atoms with van der Waals surface area (Å²) < 4.78 is 0. The van der Waals surface area contributed by atoms with E-state index >= 15 is 0 Å². The van der Waals surface area contributed by atoms with Gasteiger partial charge in [-0.05, 0) is 19.1 Å². The Morgan fingerprint density at radius 2 is 1.68 bits per heavy atom. The molecule has 0 aliphatic heterocycles. The van der Waals surface area contributed by atoms with Crippen molar-refractivity contribution in [1.82, 2.24) is 9.97 Å². The van der Waals surface area contributed by atoms with Crippen molar-refractivity contribution in [1.29, 1.82) is 0 Å². The van der Waals surface area contributed by atoms with Crippen LogP contribution in [0.5, 0.6) is 0 Å². The first-order valence-corrected chi connectivity index (χ1v) is 8.72. The van der Waals surface area contributed by atoms with Gasteiger partial charge < -0.3 is 0 Å². The number of hydrogen-bond acceptors (Lipinski definition) is 4. The molecule has 0 unspecified atom stereocenters. The molecule has 0 saturated heterocycles. The van der Waals surface area contributed by atoms with Gasteiger partial charge in [0.2, 0.25) is 0 Å². The SMILES string of the molecule is Cc1sc(NC(=O)c2ccc3ccccc3n2)nc1-c1ccccc1. The fourth-order valence-electron chi connectivity index (χ4n) is 2.67. The Morgan fingerprint density at radius 3 is 2.52 bits per heavy atom. The van der Waals surface area contributed by atoms with Crippen molar-refractivity contribution in [2.45, 2.75) is 6.92 Å². The second kappa shape index (κ2) is 6.45. The van der Waals surface area contributed by atoms with E-state index in [1.165, 1.54) is 11.3 Å². The van der Waals surface area contributed by atoms with E-state index in [1.807, 2.05) is 67.6 Å². The zero-order valence-electron chi connectivity index (χ0n) is 13.6. The third-order valence-electron chi connectivity index (χ3n) is 3.90. The van der Waals surface area contributed by atoms with Gasteiger partial charge in [-0.15, -0.1) is 11.3 Å². The fourth-order valence-corrected chi connectivity index (χ4v) is 3.50. The van der Waals surface area contributed by atoms with Crippen LogP contribution < -0.4 is 5.32 Å². The maximum atomic E-state index is 12.5. The molecule has 0 aliphatic rings. The summed E-state index contributed by atoms with van der Waals surface area (Å²) in [6.45, 7) is 2.00. The Morgan fingerprint density at radius 1 is 0.920 bits per heavy atom. The van der Waals surface area contributed by atoms with Crippen molar-refractivity contribution in [3.63, 3.8) is 0 Å². The third kappa shape index (κ3) is 3.14. The van der Waals surface area contributed by atoms with Gasteiger partial charge in [-0.3, -0.25) is 10.1 Å². The van der Waals surface area contributed by atoms with E-state index < -0.39 is 0 Å². The molecule has 1 N–H and O–H groups in total. The largest absolute Gasteiger partial charge is 0.296 e. The van der Waals surface area contributed by atoms with E-state index in [2.05, 4.69) is 15.3 Å². The number of nitrogens with zero attached hydrogens (tertiary/aromatic N) is 2. The van der Waals surface area contributed by atoms with Crippen LogP contribution in [0.1, 0.15) is 15.4 Å². The van der Waals surface area contributed by atoms with Crippen LogP contribution >= 0.6 is 11.3 Å². The molecule has 0 atom stereocenters. The molecule has 4 nitrogen and oxygen atoms in total. The summed E-state index contributed by atoms with van der Waals surface area (Å²) in [6.07, 6.45) is 0. The van der Waals surface area contributed by atoms with E-state index in [0.29, 0.717) is 10.8 Å². The number of thiazole rings is 1. The highest BCUT2D eigenvalue weighted by Crippen LogP contribution is 2.30. The number of aromatic nitrogens is 2. The van der Waals surface area contributed by atoms with Gasteiger partial charge in [-0.2, -0.15) is 0 Å². The minimum Gasteiger partial charge on any atom is -0.296 e. The first-order valence-electron chi connectivity index (χ1n) is 7.91. The number of hydrogen-bond donors (Lipinski definition) is 1. The number of anilines is 1. The van der Waals surface area contributed by atoms with Crippen LogP contribution in [0.25, 0.3) is 22.2 Å². The van der Waals surface area contributed by atoms with Gasteiger partial charge in [-0.1, -0.05) is 54.6 Å². The zero-order valence-corrected chi connectivity index (χ0v) is 14.4. The molecule has 0 saturated carbocycles. The van der Waals surface area contributed by atoms with Crippen LogP contribution in [-0.4, -0.2) is 15.9 Å². The second-order valence-corrected chi connectivity index (χ2v) is 6.84. The molecule has 1 amide bonds. The fraction of sp³-hybridized carbons (Fsp3) is 0.0500. The molecular weight excluding hydrogens is 330 g/mol. The molecule has 25 heavy (non-hydrogen) atoms. The molecule has 4 aromatic rings. The number of amides is 1. The Balaban J connectivity index is 1.60. The first-order chi connectivity index (χ1) is 12.2. The summed E-state index contributed by atoms with van der Waals surface area (Å²) in [7, 11) is 0. The van der Waals surface area contributed by atoms with Gasteiger partial charge >= 0.3 is 0 Å². The average Bonchev–Trinajstić information content (AvgIpc) is 3.02. The lowest BCUT2D eigenvalue weighted by atomic mass is 10.1.